The first-order valence-electron chi connectivity index (χ1n) is 16.0. The maximum atomic E-state index is 14.0. The zero-order valence-electron chi connectivity index (χ0n) is 26.2. The van der Waals surface area contributed by atoms with Crippen LogP contribution in [0, 0.1) is 35.4 Å². The first-order valence-corrected chi connectivity index (χ1v) is 17.7. The van der Waals surface area contributed by atoms with Crippen molar-refractivity contribution in [1.29, 1.82) is 0 Å². The third-order valence-electron chi connectivity index (χ3n) is 10.5. The minimum absolute atomic E-state index is 0.0107. The van der Waals surface area contributed by atoms with E-state index in [0.29, 0.717) is 11.4 Å². The number of amides is 3. The van der Waals surface area contributed by atoms with Gasteiger partial charge < -0.3 is 5.32 Å². The first kappa shape index (κ1) is 30.3. The average Bonchev–Trinajstić information content (AvgIpc) is 3.76. The number of aromatic nitrogens is 1. The summed E-state index contributed by atoms with van der Waals surface area (Å²) in [6.45, 7) is 6.40. The molecule has 7 unspecified atom stereocenters. The monoisotopic (exact) mass is 667 g/mol. The second-order valence-electron chi connectivity index (χ2n) is 14.2. The van der Waals surface area contributed by atoms with Crippen LogP contribution in [0.2, 0.25) is 0 Å². The van der Waals surface area contributed by atoms with Gasteiger partial charge in [0.1, 0.15) is 12.4 Å². The smallest absolute Gasteiger partial charge is 0.308 e. The number of halogens is 1. The molecule has 3 amide bonds. The van der Waals surface area contributed by atoms with Crippen LogP contribution in [0.3, 0.4) is 0 Å². The number of thiazole rings is 1. The molecule has 3 fully saturated rings. The summed E-state index contributed by atoms with van der Waals surface area (Å²) in [5.41, 5.74) is 3.31. The highest BCUT2D eigenvalue weighted by Crippen LogP contribution is 2.69. The lowest BCUT2D eigenvalue weighted by Gasteiger charge is -2.43. The summed E-state index contributed by atoms with van der Waals surface area (Å²) in [6, 6.07) is 23.3. The number of carbonyl (C=O) groups excluding carboxylic acids is 3. The zero-order chi connectivity index (χ0) is 32.8. The van der Waals surface area contributed by atoms with Crippen molar-refractivity contribution in [3.8, 4) is 0 Å². The molecule has 1 N–H and O–H groups in total. The average molecular weight is 668 g/mol. The highest BCUT2D eigenvalue weighted by molar-refractivity contribution is 8.00. The normalized spacial score (nSPS) is 27.5. The molecule has 3 heterocycles. The van der Waals surface area contributed by atoms with Crippen LogP contribution in [0.1, 0.15) is 49.1 Å². The van der Waals surface area contributed by atoms with E-state index in [-0.39, 0.29) is 63.5 Å². The van der Waals surface area contributed by atoms with Gasteiger partial charge in [-0.15, -0.1) is 11.8 Å². The van der Waals surface area contributed by atoms with E-state index in [4.69, 9.17) is 0 Å². The molecule has 3 aromatic carbocycles. The molecule has 7 atom stereocenters. The van der Waals surface area contributed by atoms with Crippen LogP contribution in [0.15, 0.2) is 88.7 Å². The number of fused-ring (bicyclic) bond motifs is 9. The van der Waals surface area contributed by atoms with E-state index >= 15 is 0 Å². The quantitative estimate of drug-likeness (QED) is 0.241. The van der Waals surface area contributed by atoms with Gasteiger partial charge in [-0.05, 0) is 77.1 Å². The van der Waals surface area contributed by atoms with Gasteiger partial charge in [0.2, 0.25) is 17.7 Å². The van der Waals surface area contributed by atoms with E-state index in [2.05, 4.69) is 50.4 Å². The molecule has 2 aliphatic heterocycles. The number of nitrogens with zero attached hydrogens (tertiary/aromatic N) is 2. The van der Waals surface area contributed by atoms with Crippen LogP contribution in [0.5, 0.6) is 0 Å². The fraction of sp³-hybridized carbons (Fsp3) is 0.351. The predicted octanol–water partition coefficient (Wildman–Crippen LogP) is 6.66. The Bertz CT molecular complexity index is 1970. The minimum atomic E-state index is -0.461. The standard InChI is InChI=1S/C37H34FN3O4S2/c1-37(2,3)20-11-9-19(10-12-20)27-28-24-17-25(30-29(24)33(43)41(34(30)44)23-15-13-21(38)14-16-23)31(28)46-35-32(27)47-36(45)40(35)18-26(42)39-22-7-5-4-6-8-22/h4-16,24-25,27-31H,17-18H2,1-3H3,(H,39,42). The Labute approximate surface area is 280 Å². The van der Waals surface area contributed by atoms with Crippen molar-refractivity contribution < 1.29 is 18.8 Å². The Kier molecular flexibility index (Phi) is 7.11. The summed E-state index contributed by atoms with van der Waals surface area (Å²) in [6.07, 6.45) is 0.761. The van der Waals surface area contributed by atoms with Crippen molar-refractivity contribution in [1.82, 2.24) is 4.57 Å². The molecule has 1 aromatic heterocycles. The van der Waals surface area contributed by atoms with Gasteiger partial charge in [-0.1, -0.05) is 74.6 Å². The van der Waals surface area contributed by atoms with Crippen molar-refractivity contribution >= 4 is 52.2 Å². The Morgan fingerprint density at radius 1 is 0.894 bits per heavy atom. The molecule has 2 aliphatic carbocycles. The largest absolute Gasteiger partial charge is 0.325 e. The summed E-state index contributed by atoms with van der Waals surface area (Å²) in [5, 5.41) is 3.67. The number of thioether (sulfide) groups is 1. The van der Waals surface area contributed by atoms with E-state index in [0.717, 1.165) is 21.9 Å². The summed E-state index contributed by atoms with van der Waals surface area (Å²) >= 11 is 2.79. The van der Waals surface area contributed by atoms with E-state index in [1.165, 1.54) is 46.1 Å². The highest BCUT2D eigenvalue weighted by atomic mass is 32.2. The van der Waals surface area contributed by atoms with Crippen molar-refractivity contribution in [2.75, 3.05) is 10.2 Å². The molecule has 4 aliphatic rings. The maximum absolute atomic E-state index is 14.0. The molecule has 7 nitrogen and oxygen atoms in total. The predicted molar refractivity (Wildman–Crippen MR) is 181 cm³/mol. The van der Waals surface area contributed by atoms with Gasteiger partial charge in [0.05, 0.1) is 22.5 Å². The summed E-state index contributed by atoms with van der Waals surface area (Å²) < 4.78 is 15.3. The number of nitrogens with one attached hydrogen (secondary N) is 1. The zero-order valence-corrected chi connectivity index (χ0v) is 27.8. The van der Waals surface area contributed by atoms with Gasteiger partial charge in [0.15, 0.2) is 0 Å². The van der Waals surface area contributed by atoms with Gasteiger partial charge >= 0.3 is 4.87 Å². The van der Waals surface area contributed by atoms with Crippen LogP contribution in [-0.4, -0.2) is 27.5 Å². The number of carbonyl (C=O) groups is 3. The SMILES string of the molecule is CC(C)(C)c1ccc(C2c3sc(=O)n(CC(=O)Nc4ccccc4)c3SC3C4CC(C5C(=O)N(c6ccc(F)cc6)C(=O)C45)C23)cc1. The summed E-state index contributed by atoms with van der Waals surface area (Å²) in [5.74, 6) is -2.28. The summed E-state index contributed by atoms with van der Waals surface area (Å²) in [4.78, 5) is 56.8. The lowest BCUT2D eigenvalue weighted by atomic mass is 9.68. The number of rotatable bonds is 5. The van der Waals surface area contributed by atoms with Gasteiger partial charge in [0.25, 0.3) is 0 Å². The van der Waals surface area contributed by atoms with Gasteiger partial charge in [0, 0.05) is 21.7 Å². The molecule has 0 spiro atoms. The Morgan fingerprint density at radius 2 is 1.55 bits per heavy atom. The van der Waals surface area contributed by atoms with Crippen molar-refractivity contribution in [3.63, 3.8) is 0 Å². The number of para-hydroxylation sites is 1. The van der Waals surface area contributed by atoms with Crippen LogP contribution in [0.4, 0.5) is 15.8 Å². The molecule has 8 rings (SSSR count). The van der Waals surface area contributed by atoms with Crippen LogP contribution >= 0.6 is 23.1 Å². The lowest BCUT2D eigenvalue weighted by molar-refractivity contribution is -0.123. The molecule has 1 saturated heterocycles. The van der Waals surface area contributed by atoms with E-state index in [1.807, 2.05) is 18.2 Å². The van der Waals surface area contributed by atoms with E-state index < -0.39 is 17.7 Å². The minimum Gasteiger partial charge on any atom is -0.325 e. The van der Waals surface area contributed by atoms with Crippen molar-refractivity contribution in [3.05, 3.63) is 110 Å². The van der Waals surface area contributed by atoms with Gasteiger partial charge in [-0.2, -0.15) is 0 Å². The van der Waals surface area contributed by atoms with Crippen molar-refractivity contribution in [2.24, 2.45) is 29.6 Å². The molecule has 4 aromatic rings. The fourth-order valence-electron chi connectivity index (χ4n) is 8.53. The van der Waals surface area contributed by atoms with Crippen LogP contribution in [-0.2, 0) is 26.3 Å². The second-order valence-corrected chi connectivity index (χ2v) is 16.3. The lowest BCUT2D eigenvalue weighted by Crippen LogP contribution is -2.43. The molecule has 0 radical (unpaired) electrons. The number of anilines is 2. The second kappa shape index (κ2) is 11.0. The highest BCUT2D eigenvalue weighted by Gasteiger charge is 2.69. The third-order valence-corrected chi connectivity index (χ3v) is 13.3. The Balaban J connectivity index is 1.19. The molecule has 240 valence electrons. The molecular formula is C37H34FN3O4S2. The molecular weight excluding hydrogens is 634 g/mol. The molecule has 2 bridgehead atoms. The number of hydrogen-bond donors (Lipinski definition) is 1. The Morgan fingerprint density at radius 3 is 2.21 bits per heavy atom. The number of hydrogen-bond acceptors (Lipinski definition) is 6. The molecule has 10 heteroatoms. The summed E-state index contributed by atoms with van der Waals surface area (Å²) in [7, 11) is 0. The van der Waals surface area contributed by atoms with E-state index in [9.17, 15) is 23.6 Å². The Hall–Kier alpha value is -4.02. The molecule has 2 saturated carbocycles. The van der Waals surface area contributed by atoms with Gasteiger partial charge in [-0.3, -0.25) is 28.6 Å². The van der Waals surface area contributed by atoms with Crippen molar-refractivity contribution in [2.45, 2.75) is 55.3 Å². The van der Waals surface area contributed by atoms with Crippen LogP contribution in [0.25, 0.3) is 0 Å². The maximum Gasteiger partial charge on any atom is 0.308 e. The van der Waals surface area contributed by atoms with Gasteiger partial charge in [-0.25, -0.2) is 4.39 Å². The van der Waals surface area contributed by atoms with Crippen LogP contribution < -0.4 is 15.1 Å². The topological polar surface area (TPSA) is 88.5 Å². The van der Waals surface area contributed by atoms with E-state index in [1.54, 1.807) is 28.5 Å². The fourth-order valence-corrected chi connectivity index (χ4v) is 11.7. The first-order chi connectivity index (χ1) is 22.5. The number of benzene rings is 3. The molecule has 47 heavy (non-hydrogen) atoms. The third kappa shape index (κ3) is 4.82. The number of imide groups is 1.